The number of fused-ring (bicyclic) bond motifs is 2. The van der Waals surface area contributed by atoms with E-state index in [0.29, 0.717) is 29.3 Å². The van der Waals surface area contributed by atoms with Gasteiger partial charge in [0, 0.05) is 26.8 Å². The predicted molar refractivity (Wildman–Crippen MR) is 137 cm³/mol. The highest BCUT2D eigenvalue weighted by molar-refractivity contribution is 6.02. The smallest absolute Gasteiger partial charge is 0.395 e. The molecule has 1 aliphatic heterocycles. The monoisotopic (exact) mass is 524 g/mol. The number of hydrogen-bond acceptors (Lipinski definition) is 5. The molecule has 10 heteroatoms. The number of hydrogen-bond donors (Lipinski definition) is 3. The number of nitrogens with zero attached hydrogens (tertiary/aromatic N) is 1. The van der Waals surface area contributed by atoms with E-state index < -0.39 is 36.1 Å². The first kappa shape index (κ1) is 25.4. The lowest BCUT2D eigenvalue weighted by atomic mass is 9.86. The van der Waals surface area contributed by atoms with Crippen LogP contribution in [0.2, 0.25) is 0 Å². The van der Waals surface area contributed by atoms with Crippen LogP contribution in [0, 0.1) is 5.82 Å². The van der Waals surface area contributed by atoms with Gasteiger partial charge in [0.05, 0.1) is 35.9 Å². The molecule has 37 heavy (non-hydrogen) atoms. The summed E-state index contributed by atoms with van der Waals surface area (Å²) in [6.45, 7) is 5.78. The van der Waals surface area contributed by atoms with Crippen LogP contribution in [0.4, 0.5) is 18.9 Å². The summed E-state index contributed by atoms with van der Waals surface area (Å²) in [6, 6.07) is 9.02. The molecule has 2 aliphatic rings. The van der Waals surface area contributed by atoms with Gasteiger partial charge in [-0.05, 0) is 49.1 Å². The number of rotatable bonds is 8. The Morgan fingerprint density at radius 1 is 1.19 bits per heavy atom. The molecule has 0 bridgehead atoms. The van der Waals surface area contributed by atoms with Gasteiger partial charge in [-0.3, -0.25) is 4.79 Å². The molecule has 2 heterocycles. The molecule has 7 nitrogen and oxygen atoms in total. The summed E-state index contributed by atoms with van der Waals surface area (Å²) in [5.41, 5.74) is 0.625. The molecule has 204 valence electrons. The molecular weight excluding hydrogens is 489 g/mol. The number of aromatic nitrogens is 1. The third kappa shape index (κ3) is 4.42. The van der Waals surface area contributed by atoms with Gasteiger partial charge in [-0.1, -0.05) is 26.8 Å². The number of carbonyl (C=O) groups is 1. The number of halogens is 3. The fourth-order valence-corrected chi connectivity index (χ4v) is 4.85. The van der Waals surface area contributed by atoms with Crippen molar-refractivity contribution in [2.24, 2.45) is 0 Å². The highest BCUT2D eigenvalue weighted by atomic mass is 19.3. The minimum Gasteiger partial charge on any atom is -0.395 e. The topological polar surface area (TPSA) is 93.0 Å². The molecule has 5 rings (SSSR count). The number of benzene rings is 2. The average Bonchev–Trinajstić information content (AvgIpc) is 3.50. The molecule has 3 N–H and O–H groups in total. The van der Waals surface area contributed by atoms with Gasteiger partial charge < -0.3 is 29.6 Å². The summed E-state index contributed by atoms with van der Waals surface area (Å²) < 4.78 is 52.9. The fraction of sp³-hybridized carbons (Fsp3) is 0.444. The Morgan fingerprint density at radius 2 is 1.89 bits per heavy atom. The van der Waals surface area contributed by atoms with Gasteiger partial charge in [0.25, 0.3) is 0 Å². The number of amides is 1. The number of ether oxygens (including phenoxy) is 2. The maximum absolute atomic E-state index is 15.3. The van der Waals surface area contributed by atoms with Crippen LogP contribution >= 0.6 is 0 Å². The van der Waals surface area contributed by atoms with Gasteiger partial charge in [-0.2, -0.15) is 0 Å². The Hall–Kier alpha value is -3.24. The second kappa shape index (κ2) is 8.66. The third-order valence-corrected chi connectivity index (χ3v) is 7.56. The summed E-state index contributed by atoms with van der Waals surface area (Å²) in [5, 5.41) is 22.8. The Bertz CT molecular complexity index is 1400. The van der Waals surface area contributed by atoms with Crippen LogP contribution in [0.25, 0.3) is 10.9 Å². The van der Waals surface area contributed by atoms with E-state index in [1.54, 1.807) is 16.7 Å². The largest absolute Gasteiger partial charge is 0.586 e. The lowest BCUT2D eigenvalue weighted by molar-refractivity contribution is -0.286. The van der Waals surface area contributed by atoms with Gasteiger partial charge in [-0.15, -0.1) is 8.78 Å². The van der Waals surface area contributed by atoms with Crippen molar-refractivity contribution in [2.75, 3.05) is 11.9 Å². The second-order valence-electron chi connectivity index (χ2n) is 10.5. The van der Waals surface area contributed by atoms with Gasteiger partial charge in [0.1, 0.15) is 5.82 Å². The maximum atomic E-state index is 15.3. The molecule has 0 spiro atoms. The van der Waals surface area contributed by atoms with Crippen LogP contribution in [0.1, 0.15) is 55.6 Å². The highest BCUT2D eigenvalue weighted by Crippen LogP contribution is 2.52. The van der Waals surface area contributed by atoms with E-state index in [1.165, 1.54) is 18.2 Å². The zero-order valence-corrected chi connectivity index (χ0v) is 20.8. The van der Waals surface area contributed by atoms with E-state index in [0.717, 1.165) is 12.1 Å². The van der Waals surface area contributed by atoms with Crippen molar-refractivity contribution >= 4 is 22.5 Å². The van der Waals surface area contributed by atoms with E-state index in [-0.39, 0.29) is 33.4 Å². The molecular formula is C27H35F3N2O5. The van der Waals surface area contributed by atoms with Crippen molar-refractivity contribution in [3.05, 3.63) is 53.5 Å². The lowest BCUT2D eigenvalue weighted by Crippen LogP contribution is -2.28. The number of anilines is 1. The first-order valence-corrected chi connectivity index (χ1v) is 12.2. The molecule has 2 aromatic carbocycles. The molecule has 1 aromatic heterocycles. The van der Waals surface area contributed by atoms with Crippen molar-refractivity contribution < 1.29 is 41.9 Å². The van der Waals surface area contributed by atoms with E-state index in [2.05, 4.69) is 14.8 Å². The Kier molecular flexibility index (Phi) is 5.95. The number of aliphatic hydroxyl groups excluding tert-OH is 2. The Morgan fingerprint density at radius 3 is 2.54 bits per heavy atom. The van der Waals surface area contributed by atoms with Crippen LogP contribution in [-0.2, 0) is 22.2 Å². The Labute approximate surface area is 216 Å². The molecule has 3 aromatic rings. The van der Waals surface area contributed by atoms with E-state index in [1.807, 2.05) is 26.8 Å². The molecule has 1 fully saturated rings. The summed E-state index contributed by atoms with van der Waals surface area (Å²) >= 11 is 0. The van der Waals surface area contributed by atoms with Gasteiger partial charge in [0.15, 0.2) is 11.5 Å². The fourth-order valence-electron chi connectivity index (χ4n) is 4.85. The molecule has 0 unspecified atom stereocenters. The Balaban J connectivity index is 0.00000187. The van der Waals surface area contributed by atoms with E-state index in [9.17, 15) is 23.8 Å². The molecule has 1 aliphatic carbocycles. The van der Waals surface area contributed by atoms with Crippen LogP contribution < -0.4 is 14.8 Å². The van der Waals surface area contributed by atoms with Gasteiger partial charge in [-0.25, -0.2) is 4.39 Å². The second-order valence-corrected chi connectivity index (χ2v) is 10.5. The van der Waals surface area contributed by atoms with Crippen LogP contribution in [0.3, 0.4) is 0 Å². The number of carbonyl (C=O) groups excluding carboxylic acids is 1. The normalized spacial score (nSPS) is 18.2. The van der Waals surface area contributed by atoms with Gasteiger partial charge >= 0.3 is 6.29 Å². The zero-order chi connectivity index (χ0) is 26.8. The zero-order valence-electron chi connectivity index (χ0n) is 20.8. The van der Waals surface area contributed by atoms with E-state index >= 15 is 4.39 Å². The van der Waals surface area contributed by atoms with Crippen molar-refractivity contribution in [1.82, 2.24) is 4.57 Å². The standard InChI is InChI=1S/C27H29F3N2O5.3H2/c1-4-25(2,3)23-10-15-9-19(18(28)12-20(15)32(23)13-17(34)14-33)31-24(35)26(7-8-26)16-5-6-21-22(11-16)37-27(29,30)36-21;;;/h5-6,9-12,17,33-34H,4,7-8,13-14H2,1-3H3,(H,31,35);3*1H/t17-;;;/m1.../s1. The molecule has 1 atom stereocenters. The average molecular weight is 525 g/mol. The summed E-state index contributed by atoms with van der Waals surface area (Å²) in [7, 11) is 0. The summed E-state index contributed by atoms with van der Waals surface area (Å²) in [4.78, 5) is 13.3. The SMILES string of the molecule is CCC(C)(C)c1cc2cc(NC(=O)C3(c4ccc5c(c4)OC(F)(F)O5)CC3)c(F)cc2n1C[C@@H](O)CO.[HH].[HH].[HH]. The van der Waals surface area contributed by atoms with Gasteiger partial charge in [0.2, 0.25) is 5.91 Å². The predicted octanol–water partition coefficient (Wildman–Crippen LogP) is 5.55. The lowest BCUT2D eigenvalue weighted by Gasteiger charge is -2.26. The minimum absolute atomic E-state index is 0. The van der Waals surface area contributed by atoms with E-state index in [4.69, 9.17) is 0 Å². The highest BCUT2D eigenvalue weighted by Gasteiger charge is 2.53. The first-order valence-electron chi connectivity index (χ1n) is 12.2. The number of nitrogens with one attached hydrogen (secondary N) is 1. The molecule has 1 saturated carbocycles. The minimum atomic E-state index is -3.76. The first-order chi connectivity index (χ1) is 17.4. The van der Waals surface area contributed by atoms with Crippen molar-refractivity contribution in [3.63, 3.8) is 0 Å². The quantitative estimate of drug-likeness (QED) is 0.359. The van der Waals surface area contributed by atoms with Crippen LogP contribution in [-0.4, -0.2) is 39.7 Å². The maximum Gasteiger partial charge on any atom is 0.586 e. The summed E-state index contributed by atoms with van der Waals surface area (Å²) in [6.07, 6.45) is -3.03. The summed E-state index contributed by atoms with van der Waals surface area (Å²) in [5.74, 6) is -1.35. The third-order valence-electron chi connectivity index (χ3n) is 7.56. The van der Waals surface area contributed by atoms with Crippen molar-refractivity contribution in [2.45, 2.75) is 69.8 Å². The van der Waals surface area contributed by atoms with Crippen molar-refractivity contribution in [3.8, 4) is 11.5 Å². The number of alkyl halides is 2. The van der Waals surface area contributed by atoms with Crippen LogP contribution in [0.15, 0.2) is 36.4 Å². The number of aliphatic hydroxyl groups is 2. The van der Waals surface area contributed by atoms with Crippen molar-refractivity contribution in [1.29, 1.82) is 0 Å². The molecule has 0 saturated heterocycles. The molecule has 0 radical (unpaired) electrons. The van der Waals surface area contributed by atoms with Crippen LogP contribution in [0.5, 0.6) is 11.5 Å². The molecule has 1 amide bonds.